The monoisotopic (exact) mass is 238 g/mol. The third-order valence-electron chi connectivity index (χ3n) is 3.96. The molecule has 1 atom stereocenters. The standard InChI is InChI=1S/C12H14O3S/c13-8-12(5-6-12)10-7-16(14,15)11-4-2-1-3-9(10)11/h1-4,10,13H,5-8H2. The Kier molecular flexibility index (Phi) is 1.98. The van der Waals surface area contributed by atoms with Crippen LogP contribution in [0.2, 0.25) is 0 Å². The van der Waals surface area contributed by atoms with Gasteiger partial charge in [-0.3, -0.25) is 0 Å². The zero-order chi connectivity index (χ0) is 11.4. The summed E-state index contributed by atoms with van der Waals surface area (Å²) in [5.41, 5.74) is 0.758. The molecule has 1 fully saturated rings. The van der Waals surface area contributed by atoms with E-state index in [2.05, 4.69) is 0 Å². The smallest absolute Gasteiger partial charge is 0.179 e. The Hall–Kier alpha value is -0.870. The van der Waals surface area contributed by atoms with E-state index >= 15 is 0 Å². The van der Waals surface area contributed by atoms with Crippen LogP contribution in [0, 0.1) is 5.41 Å². The number of hydrogen-bond acceptors (Lipinski definition) is 3. The van der Waals surface area contributed by atoms with Crippen LogP contribution in [0.4, 0.5) is 0 Å². The van der Waals surface area contributed by atoms with Gasteiger partial charge in [-0.25, -0.2) is 8.42 Å². The van der Waals surface area contributed by atoms with Gasteiger partial charge >= 0.3 is 0 Å². The van der Waals surface area contributed by atoms with Crippen LogP contribution in [-0.4, -0.2) is 25.9 Å². The quantitative estimate of drug-likeness (QED) is 0.845. The minimum atomic E-state index is -3.12. The Morgan fingerprint density at radius 2 is 2.00 bits per heavy atom. The molecule has 1 unspecified atom stereocenters. The van der Waals surface area contributed by atoms with Gasteiger partial charge in [-0.15, -0.1) is 0 Å². The highest BCUT2D eigenvalue weighted by Gasteiger charge is 2.54. The zero-order valence-corrected chi connectivity index (χ0v) is 9.70. The van der Waals surface area contributed by atoms with Crippen LogP contribution in [0.3, 0.4) is 0 Å². The lowest BCUT2D eigenvalue weighted by molar-refractivity contribution is 0.193. The van der Waals surface area contributed by atoms with Crippen molar-refractivity contribution < 1.29 is 13.5 Å². The maximum atomic E-state index is 12.0. The predicted octanol–water partition coefficient (Wildman–Crippen LogP) is 1.33. The Morgan fingerprint density at radius 3 is 2.62 bits per heavy atom. The molecule has 1 N–H and O–H groups in total. The molecule has 0 spiro atoms. The first-order chi connectivity index (χ1) is 7.59. The molecular formula is C12H14O3S. The minimum absolute atomic E-state index is 0.00120. The first kappa shape index (κ1) is 10.3. The van der Waals surface area contributed by atoms with Crippen LogP contribution in [-0.2, 0) is 9.84 Å². The van der Waals surface area contributed by atoms with Gasteiger partial charge in [0, 0.05) is 17.9 Å². The fraction of sp³-hybridized carbons (Fsp3) is 0.500. The second-order valence-corrected chi connectivity index (χ2v) is 6.89. The minimum Gasteiger partial charge on any atom is -0.396 e. The summed E-state index contributed by atoms with van der Waals surface area (Å²) in [5.74, 6) is 0.172. The predicted molar refractivity (Wildman–Crippen MR) is 60.0 cm³/mol. The number of aliphatic hydroxyl groups is 1. The van der Waals surface area contributed by atoms with Crippen molar-refractivity contribution >= 4 is 9.84 Å². The molecule has 0 amide bonds. The zero-order valence-electron chi connectivity index (χ0n) is 8.89. The van der Waals surface area contributed by atoms with E-state index in [1.807, 2.05) is 12.1 Å². The molecule has 1 aromatic carbocycles. The highest BCUT2D eigenvalue weighted by molar-refractivity contribution is 7.91. The molecule has 1 aliphatic heterocycles. The van der Waals surface area contributed by atoms with Crippen LogP contribution >= 0.6 is 0 Å². The highest BCUT2D eigenvalue weighted by Crippen LogP contribution is 2.59. The van der Waals surface area contributed by atoms with E-state index in [0.717, 1.165) is 18.4 Å². The fourth-order valence-corrected chi connectivity index (χ4v) is 4.74. The third kappa shape index (κ3) is 1.26. The molecular weight excluding hydrogens is 224 g/mol. The number of aliphatic hydroxyl groups excluding tert-OH is 1. The summed E-state index contributed by atoms with van der Waals surface area (Å²) in [5, 5.41) is 9.42. The molecule has 1 aliphatic carbocycles. The lowest BCUT2D eigenvalue weighted by atomic mass is 9.85. The molecule has 0 saturated heterocycles. The molecule has 1 heterocycles. The van der Waals surface area contributed by atoms with E-state index in [0.29, 0.717) is 4.90 Å². The summed E-state index contributed by atoms with van der Waals surface area (Å²) in [7, 11) is -3.12. The largest absolute Gasteiger partial charge is 0.396 e. The first-order valence-electron chi connectivity index (χ1n) is 5.52. The fourth-order valence-electron chi connectivity index (χ4n) is 2.73. The summed E-state index contributed by atoms with van der Waals surface area (Å²) in [6.45, 7) is 0.0987. The maximum Gasteiger partial charge on any atom is 0.179 e. The van der Waals surface area contributed by atoms with E-state index in [1.165, 1.54) is 0 Å². The van der Waals surface area contributed by atoms with Gasteiger partial charge in [0.15, 0.2) is 9.84 Å². The second-order valence-electron chi connectivity index (χ2n) is 4.89. The molecule has 0 radical (unpaired) electrons. The van der Waals surface area contributed by atoms with E-state index in [4.69, 9.17) is 0 Å². The second kappa shape index (κ2) is 3.08. The summed E-state index contributed by atoms with van der Waals surface area (Å²) in [6.07, 6.45) is 1.88. The lowest BCUT2D eigenvalue weighted by Crippen LogP contribution is -2.19. The first-order valence-corrected chi connectivity index (χ1v) is 7.17. The van der Waals surface area contributed by atoms with E-state index in [1.54, 1.807) is 12.1 Å². The van der Waals surface area contributed by atoms with Crippen LogP contribution in [0.1, 0.15) is 24.3 Å². The molecule has 86 valence electrons. The average Bonchev–Trinajstić information content (AvgIpc) is 3.02. The summed E-state index contributed by atoms with van der Waals surface area (Å²) < 4.78 is 23.9. The SMILES string of the molecule is O=S1(=O)CC(C2(CO)CC2)c2ccccc21. The normalized spacial score (nSPS) is 28.7. The number of rotatable bonds is 2. The molecule has 2 aliphatic rings. The summed E-state index contributed by atoms with van der Waals surface area (Å²) in [6, 6.07) is 7.20. The number of sulfone groups is 1. The van der Waals surface area contributed by atoms with Gasteiger partial charge in [-0.05, 0) is 24.5 Å². The summed E-state index contributed by atoms with van der Waals surface area (Å²) >= 11 is 0. The average molecular weight is 238 g/mol. The lowest BCUT2D eigenvalue weighted by Gasteiger charge is -2.19. The van der Waals surface area contributed by atoms with Gasteiger partial charge in [0.1, 0.15) is 0 Å². The van der Waals surface area contributed by atoms with Crippen molar-refractivity contribution in [2.45, 2.75) is 23.7 Å². The van der Waals surface area contributed by atoms with Gasteiger partial charge < -0.3 is 5.11 Å². The molecule has 1 aromatic rings. The van der Waals surface area contributed by atoms with Crippen molar-refractivity contribution in [3.8, 4) is 0 Å². The number of hydrogen-bond donors (Lipinski definition) is 1. The van der Waals surface area contributed by atoms with Crippen molar-refractivity contribution in [2.24, 2.45) is 5.41 Å². The molecule has 1 saturated carbocycles. The van der Waals surface area contributed by atoms with Crippen LogP contribution in [0.25, 0.3) is 0 Å². The maximum absolute atomic E-state index is 12.0. The van der Waals surface area contributed by atoms with Gasteiger partial charge in [-0.1, -0.05) is 18.2 Å². The number of fused-ring (bicyclic) bond motifs is 1. The Balaban J connectivity index is 2.14. The molecule has 0 bridgehead atoms. The highest BCUT2D eigenvalue weighted by atomic mass is 32.2. The van der Waals surface area contributed by atoms with Crippen LogP contribution < -0.4 is 0 Å². The Labute approximate surface area is 95.0 Å². The Morgan fingerprint density at radius 1 is 1.31 bits per heavy atom. The van der Waals surface area contributed by atoms with Crippen molar-refractivity contribution in [1.29, 1.82) is 0 Å². The van der Waals surface area contributed by atoms with Crippen molar-refractivity contribution in [2.75, 3.05) is 12.4 Å². The molecule has 3 nitrogen and oxygen atoms in total. The molecule has 0 aromatic heterocycles. The Bertz CT molecular complexity index is 529. The van der Waals surface area contributed by atoms with E-state index in [9.17, 15) is 13.5 Å². The van der Waals surface area contributed by atoms with Crippen LogP contribution in [0.15, 0.2) is 29.2 Å². The number of benzene rings is 1. The van der Waals surface area contributed by atoms with Crippen molar-refractivity contribution in [3.05, 3.63) is 29.8 Å². The van der Waals surface area contributed by atoms with E-state index in [-0.39, 0.29) is 23.7 Å². The van der Waals surface area contributed by atoms with E-state index < -0.39 is 9.84 Å². The molecule has 4 heteroatoms. The summed E-state index contributed by atoms with van der Waals surface area (Å²) in [4.78, 5) is 0.472. The van der Waals surface area contributed by atoms with Gasteiger partial charge in [0.2, 0.25) is 0 Å². The van der Waals surface area contributed by atoms with Crippen molar-refractivity contribution in [1.82, 2.24) is 0 Å². The third-order valence-corrected chi connectivity index (χ3v) is 5.78. The van der Waals surface area contributed by atoms with Crippen LogP contribution in [0.5, 0.6) is 0 Å². The van der Waals surface area contributed by atoms with Gasteiger partial charge in [-0.2, -0.15) is 0 Å². The van der Waals surface area contributed by atoms with Crippen molar-refractivity contribution in [3.63, 3.8) is 0 Å². The van der Waals surface area contributed by atoms with Gasteiger partial charge in [0.05, 0.1) is 10.6 Å². The molecule has 16 heavy (non-hydrogen) atoms. The van der Waals surface area contributed by atoms with Gasteiger partial charge in [0.25, 0.3) is 0 Å². The topological polar surface area (TPSA) is 54.4 Å². The molecule has 3 rings (SSSR count).